The highest BCUT2D eigenvalue weighted by Crippen LogP contribution is 2.18. The predicted octanol–water partition coefficient (Wildman–Crippen LogP) is -1.13. The van der Waals surface area contributed by atoms with E-state index in [1.165, 1.54) is 12.8 Å². The van der Waals surface area contributed by atoms with E-state index in [0.29, 0.717) is 12.6 Å². The van der Waals surface area contributed by atoms with E-state index >= 15 is 0 Å². The van der Waals surface area contributed by atoms with Crippen LogP contribution < -0.4 is 5.32 Å². The molecule has 5 nitrogen and oxygen atoms in total. The molecule has 2 fully saturated rings. The molecule has 0 radical (unpaired) electrons. The van der Waals surface area contributed by atoms with E-state index in [9.17, 15) is 4.79 Å². The average molecular weight is 227 g/mol. The van der Waals surface area contributed by atoms with Crippen molar-refractivity contribution in [2.45, 2.75) is 18.9 Å². The fourth-order valence-corrected chi connectivity index (χ4v) is 1.99. The highest BCUT2D eigenvalue weighted by molar-refractivity contribution is 5.78. The third-order valence-corrected chi connectivity index (χ3v) is 3.26. The summed E-state index contributed by atoms with van der Waals surface area (Å²) in [6.07, 6.45) is 2.44. The molecule has 1 saturated heterocycles. The molecular formula is C11H21N3O2. The van der Waals surface area contributed by atoms with Gasteiger partial charge < -0.3 is 15.3 Å². The smallest absolute Gasteiger partial charge is 0.236 e. The van der Waals surface area contributed by atoms with Crippen molar-refractivity contribution in [3.8, 4) is 0 Å². The summed E-state index contributed by atoms with van der Waals surface area (Å²) in [7, 11) is 0. The SMILES string of the molecule is O=C(CNC1CC1)N1CCN(CCO)CC1. The maximum atomic E-state index is 11.8. The maximum Gasteiger partial charge on any atom is 0.236 e. The summed E-state index contributed by atoms with van der Waals surface area (Å²) in [6, 6.07) is 0.597. The van der Waals surface area contributed by atoms with Gasteiger partial charge in [0.1, 0.15) is 0 Å². The van der Waals surface area contributed by atoms with Crippen molar-refractivity contribution in [3.63, 3.8) is 0 Å². The van der Waals surface area contributed by atoms with Crippen LogP contribution in [0.2, 0.25) is 0 Å². The fraction of sp³-hybridized carbons (Fsp3) is 0.909. The molecule has 2 aliphatic rings. The Morgan fingerprint density at radius 3 is 2.50 bits per heavy atom. The van der Waals surface area contributed by atoms with Gasteiger partial charge in [-0.3, -0.25) is 9.69 Å². The van der Waals surface area contributed by atoms with Gasteiger partial charge in [0, 0.05) is 38.8 Å². The standard InChI is InChI=1S/C11H21N3O2/c15-8-7-13-3-5-14(6-4-13)11(16)9-12-10-1-2-10/h10,12,15H,1-9H2. The van der Waals surface area contributed by atoms with Crippen molar-refractivity contribution in [3.05, 3.63) is 0 Å². The summed E-state index contributed by atoms with van der Waals surface area (Å²) < 4.78 is 0. The zero-order valence-corrected chi connectivity index (χ0v) is 9.69. The van der Waals surface area contributed by atoms with Crippen LogP contribution in [-0.4, -0.2) is 72.7 Å². The molecule has 5 heteroatoms. The molecule has 1 saturated carbocycles. The number of carbonyl (C=O) groups is 1. The van der Waals surface area contributed by atoms with E-state index in [-0.39, 0.29) is 12.5 Å². The molecule has 0 bridgehead atoms. The second kappa shape index (κ2) is 5.61. The highest BCUT2D eigenvalue weighted by Gasteiger charge is 2.24. The van der Waals surface area contributed by atoms with Crippen molar-refractivity contribution >= 4 is 5.91 Å². The van der Waals surface area contributed by atoms with Gasteiger partial charge in [-0.05, 0) is 12.8 Å². The van der Waals surface area contributed by atoms with Crippen LogP contribution in [0.25, 0.3) is 0 Å². The zero-order valence-electron chi connectivity index (χ0n) is 9.69. The molecular weight excluding hydrogens is 206 g/mol. The molecule has 0 atom stereocenters. The topological polar surface area (TPSA) is 55.8 Å². The minimum Gasteiger partial charge on any atom is -0.395 e. The summed E-state index contributed by atoms with van der Waals surface area (Å²) in [5.41, 5.74) is 0. The van der Waals surface area contributed by atoms with Gasteiger partial charge in [-0.1, -0.05) is 0 Å². The Morgan fingerprint density at radius 2 is 1.94 bits per heavy atom. The molecule has 1 aliphatic carbocycles. The average Bonchev–Trinajstić information content (AvgIpc) is 3.11. The Balaban J connectivity index is 1.64. The quantitative estimate of drug-likeness (QED) is 0.624. The lowest BCUT2D eigenvalue weighted by Gasteiger charge is -2.34. The first-order valence-electron chi connectivity index (χ1n) is 6.14. The Kier molecular flexibility index (Phi) is 4.15. The predicted molar refractivity (Wildman–Crippen MR) is 61.1 cm³/mol. The van der Waals surface area contributed by atoms with Crippen LogP contribution in [0.1, 0.15) is 12.8 Å². The van der Waals surface area contributed by atoms with Crippen molar-refractivity contribution in [2.75, 3.05) is 45.9 Å². The fourth-order valence-electron chi connectivity index (χ4n) is 1.99. The summed E-state index contributed by atoms with van der Waals surface area (Å²) in [5.74, 6) is 0.218. The molecule has 0 aromatic heterocycles. The van der Waals surface area contributed by atoms with Crippen LogP contribution in [0.15, 0.2) is 0 Å². The summed E-state index contributed by atoms with van der Waals surface area (Å²) >= 11 is 0. The van der Waals surface area contributed by atoms with Gasteiger partial charge in [0.2, 0.25) is 5.91 Å². The Labute approximate surface area is 96.4 Å². The van der Waals surface area contributed by atoms with Gasteiger partial charge >= 0.3 is 0 Å². The lowest BCUT2D eigenvalue weighted by Crippen LogP contribution is -2.51. The number of β-amino-alcohol motifs (C(OH)–C–C–N with tert-alkyl or cyclic N) is 1. The minimum atomic E-state index is 0.206. The van der Waals surface area contributed by atoms with Crippen molar-refractivity contribution < 1.29 is 9.90 Å². The van der Waals surface area contributed by atoms with Gasteiger partial charge in [-0.2, -0.15) is 0 Å². The Morgan fingerprint density at radius 1 is 1.25 bits per heavy atom. The number of nitrogens with one attached hydrogen (secondary N) is 1. The summed E-state index contributed by atoms with van der Waals surface area (Å²) in [6.45, 7) is 4.78. The van der Waals surface area contributed by atoms with Crippen molar-refractivity contribution in [1.29, 1.82) is 0 Å². The first kappa shape index (κ1) is 11.8. The molecule has 0 aromatic carbocycles. The van der Waals surface area contributed by atoms with E-state index in [1.807, 2.05) is 4.90 Å². The number of hydrogen-bond acceptors (Lipinski definition) is 4. The van der Waals surface area contributed by atoms with E-state index in [0.717, 1.165) is 32.7 Å². The lowest BCUT2D eigenvalue weighted by atomic mass is 10.3. The van der Waals surface area contributed by atoms with Gasteiger partial charge in [-0.15, -0.1) is 0 Å². The highest BCUT2D eigenvalue weighted by atomic mass is 16.3. The molecule has 0 unspecified atom stereocenters. The molecule has 1 heterocycles. The molecule has 2 rings (SSSR count). The van der Waals surface area contributed by atoms with Crippen LogP contribution in [0.5, 0.6) is 0 Å². The van der Waals surface area contributed by atoms with Gasteiger partial charge in [0.05, 0.1) is 13.2 Å². The van der Waals surface area contributed by atoms with Crippen LogP contribution in [-0.2, 0) is 4.79 Å². The van der Waals surface area contributed by atoms with E-state index < -0.39 is 0 Å². The number of aliphatic hydroxyl groups excluding tert-OH is 1. The number of hydrogen-bond donors (Lipinski definition) is 2. The molecule has 92 valence electrons. The van der Waals surface area contributed by atoms with Crippen molar-refractivity contribution in [1.82, 2.24) is 15.1 Å². The third kappa shape index (κ3) is 3.43. The molecule has 0 spiro atoms. The normalized spacial score (nSPS) is 22.4. The van der Waals surface area contributed by atoms with Crippen LogP contribution in [0.4, 0.5) is 0 Å². The lowest BCUT2D eigenvalue weighted by molar-refractivity contribution is -0.132. The first-order chi connectivity index (χ1) is 7.79. The van der Waals surface area contributed by atoms with Crippen LogP contribution in [0, 0.1) is 0 Å². The first-order valence-corrected chi connectivity index (χ1v) is 6.14. The van der Waals surface area contributed by atoms with E-state index in [4.69, 9.17) is 5.11 Å². The maximum absolute atomic E-state index is 11.8. The van der Waals surface area contributed by atoms with Crippen molar-refractivity contribution in [2.24, 2.45) is 0 Å². The largest absolute Gasteiger partial charge is 0.395 e. The second-order valence-electron chi connectivity index (χ2n) is 4.60. The van der Waals surface area contributed by atoms with Gasteiger partial charge in [-0.25, -0.2) is 0 Å². The number of carbonyl (C=O) groups excluding carboxylic acids is 1. The molecule has 1 aliphatic heterocycles. The Bertz CT molecular complexity index is 235. The van der Waals surface area contributed by atoms with E-state index in [1.54, 1.807) is 0 Å². The number of rotatable bonds is 5. The number of amides is 1. The van der Waals surface area contributed by atoms with Gasteiger partial charge in [0.25, 0.3) is 0 Å². The number of aliphatic hydroxyl groups is 1. The van der Waals surface area contributed by atoms with Crippen LogP contribution >= 0.6 is 0 Å². The Hall–Kier alpha value is -0.650. The zero-order chi connectivity index (χ0) is 11.4. The summed E-state index contributed by atoms with van der Waals surface area (Å²) in [5, 5.41) is 12.1. The van der Waals surface area contributed by atoms with E-state index in [2.05, 4.69) is 10.2 Å². The number of piperazine rings is 1. The monoisotopic (exact) mass is 227 g/mol. The van der Waals surface area contributed by atoms with Crippen LogP contribution in [0.3, 0.4) is 0 Å². The molecule has 2 N–H and O–H groups in total. The molecule has 0 aromatic rings. The number of nitrogens with zero attached hydrogens (tertiary/aromatic N) is 2. The third-order valence-electron chi connectivity index (χ3n) is 3.26. The van der Waals surface area contributed by atoms with Gasteiger partial charge in [0.15, 0.2) is 0 Å². The molecule has 16 heavy (non-hydrogen) atoms. The minimum absolute atomic E-state index is 0.206. The summed E-state index contributed by atoms with van der Waals surface area (Å²) in [4.78, 5) is 15.9. The second-order valence-corrected chi connectivity index (χ2v) is 4.60. The molecule has 1 amide bonds.